The summed E-state index contributed by atoms with van der Waals surface area (Å²) >= 11 is 0. The van der Waals surface area contributed by atoms with Gasteiger partial charge in [-0.3, -0.25) is 9.48 Å². The molecule has 8 heteroatoms. The van der Waals surface area contributed by atoms with Crippen LogP contribution in [-0.4, -0.2) is 53.9 Å². The van der Waals surface area contributed by atoms with Crippen LogP contribution in [0.1, 0.15) is 23.2 Å². The molecule has 8 nitrogen and oxygen atoms in total. The predicted molar refractivity (Wildman–Crippen MR) is 90.0 cm³/mol. The minimum Gasteiger partial charge on any atom is -0.339 e. The lowest BCUT2D eigenvalue weighted by molar-refractivity contribution is 0.0681. The number of hydrogen-bond donors (Lipinski definition) is 0. The van der Waals surface area contributed by atoms with E-state index in [2.05, 4.69) is 20.6 Å². The molecule has 0 spiro atoms. The first-order valence-electron chi connectivity index (χ1n) is 8.40. The van der Waals surface area contributed by atoms with Crippen molar-refractivity contribution in [2.75, 3.05) is 13.1 Å². The Morgan fingerprint density at radius 3 is 2.80 bits per heavy atom. The zero-order valence-corrected chi connectivity index (χ0v) is 13.8. The Morgan fingerprint density at radius 1 is 1.20 bits per heavy atom. The molecule has 1 aromatic carbocycles. The van der Waals surface area contributed by atoms with Gasteiger partial charge < -0.3 is 4.90 Å². The van der Waals surface area contributed by atoms with Crippen LogP contribution in [-0.2, 0) is 6.54 Å². The van der Waals surface area contributed by atoms with Crippen molar-refractivity contribution in [2.24, 2.45) is 5.92 Å². The monoisotopic (exact) mass is 337 g/mol. The second-order valence-corrected chi connectivity index (χ2v) is 6.27. The number of piperidine rings is 1. The van der Waals surface area contributed by atoms with Gasteiger partial charge in [-0.15, -0.1) is 5.10 Å². The molecule has 25 heavy (non-hydrogen) atoms. The summed E-state index contributed by atoms with van der Waals surface area (Å²) in [6, 6.07) is 9.34. The molecule has 1 amide bonds. The molecular weight excluding hydrogens is 318 g/mol. The highest BCUT2D eigenvalue weighted by Gasteiger charge is 2.24. The zero-order chi connectivity index (χ0) is 17.1. The molecule has 1 fully saturated rings. The van der Waals surface area contributed by atoms with Crippen LogP contribution < -0.4 is 0 Å². The van der Waals surface area contributed by atoms with E-state index in [0.717, 1.165) is 38.2 Å². The van der Waals surface area contributed by atoms with E-state index in [9.17, 15) is 4.79 Å². The van der Waals surface area contributed by atoms with E-state index in [1.165, 1.54) is 6.33 Å². The van der Waals surface area contributed by atoms with Crippen LogP contribution in [0.4, 0.5) is 0 Å². The fraction of sp³-hybridized carbons (Fsp3) is 0.353. The van der Waals surface area contributed by atoms with Gasteiger partial charge in [0.1, 0.15) is 6.33 Å². The lowest BCUT2D eigenvalue weighted by Crippen LogP contribution is -2.39. The molecule has 0 atom stereocenters. The van der Waals surface area contributed by atoms with Crippen molar-refractivity contribution in [1.29, 1.82) is 0 Å². The Hall–Kier alpha value is -3.03. The topological polar surface area (TPSA) is 81.7 Å². The van der Waals surface area contributed by atoms with Crippen molar-refractivity contribution in [3.05, 3.63) is 54.6 Å². The smallest absolute Gasteiger partial charge is 0.253 e. The first kappa shape index (κ1) is 15.5. The summed E-state index contributed by atoms with van der Waals surface area (Å²) in [7, 11) is 0. The predicted octanol–water partition coefficient (Wildman–Crippen LogP) is 1.41. The van der Waals surface area contributed by atoms with Crippen LogP contribution in [0, 0.1) is 5.92 Å². The minimum absolute atomic E-state index is 0.0625. The Labute approximate surface area is 145 Å². The van der Waals surface area contributed by atoms with E-state index in [-0.39, 0.29) is 5.91 Å². The van der Waals surface area contributed by atoms with E-state index in [4.69, 9.17) is 0 Å². The molecule has 0 unspecified atom stereocenters. The maximum atomic E-state index is 12.8. The summed E-state index contributed by atoms with van der Waals surface area (Å²) in [4.78, 5) is 14.7. The molecule has 1 aliphatic heterocycles. The number of amides is 1. The van der Waals surface area contributed by atoms with Crippen molar-refractivity contribution in [2.45, 2.75) is 19.4 Å². The molecule has 0 radical (unpaired) electrons. The standard InChI is InChI=1S/C17H19N7O/c25-17(15-3-1-4-16(11-15)24-13-18-20-21-24)22-9-5-14(6-10-22)12-23-8-2-7-19-23/h1-4,7-8,11,13-14H,5-6,9-10,12H2. The average molecular weight is 337 g/mol. The normalized spacial score (nSPS) is 15.4. The van der Waals surface area contributed by atoms with E-state index in [0.29, 0.717) is 11.5 Å². The van der Waals surface area contributed by atoms with Gasteiger partial charge in [-0.05, 0) is 53.5 Å². The van der Waals surface area contributed by atoms with Gasteiger partial charge in [0.15, 0.2) is 0 Å². The van der Waals surface area contributed by atoms with Gasteiger partial charge in [-0.1, -0.05) is 6.07 Å². The molecule has 0 bridgehead atoms. The van der Waals surface area contributed by atoms with Crippen molar-refractivity contribution in [3.63, 3.8) is 0 Å². The zero-order valence-electron chi connectivity index (χ0n) is 13.8. The SMILES string of the molecule is O=C(c1cccc(-n2cnnn2)c1)N1CCC(Cn2cccn2)CC1. The van der Waals surface area contributed by atoms with Crippen LogP contribution in [0.3, 0.4) is 0 Å². The summed E-state index contributed by atoms with van der Waals surface area (Å²) in [6.07, 6.45) is 7.30. The number of nitrogens with zero attached hydrogens (tertiary/aromatic N) is 7. The third kappa shape index (κ3) is 3.42. The van der Waals surface area contributed by atoms with Crippen LogP contribution in [0.25, 0.3) is 5.69 Å². The molecule has 0 N–H and O–H groups in total. The van der Waals surface area contributed by atoms with Crippen molar-refractivity contribution in [1.82, 2.24) is 34.9 Å². The quantitative estimate of drug-likeness (QED) is 0.719. The molecular formula is C17H19N7O. The lowest BCUT2D eigenvalue weighted by Gasteiger charge is -2.32. The van der Waals surface area contributed by atoms with Crippen molar-refractivity contribution >= 4 is 5.91 Å². The fourth-order valence-corrected chi connectivity index (χ4v) is 3.24. The number of hydrogen-bond acceptors (Lipinski definition) is 5. The third-order valence-electron chi connectivity index (χ3n) is 4.61. The minimum atomic E-state index is 0.0625. The van der Waals surface area contributed by atoms with E-state index in [1.807, 2.05) is 46.1 Å². The van der Waals surface area contributed by atoms with Gasteiger partial charge >= 0.3 is 0 Å². The molecule has 1 saturated heterocycles. The molecule has 3 aromatic rings. The molecule has 4 rings (SSSR count). The summed E-state index contributed by atoms with van der Waals surface area (Å²) in [5.74, 6) is 0.629. The molecule has 2 aromatic heterocycles. The summed E-state index contributed by atoms with van der Waals surface area (Å²) in [5, 5.41) is 15.4. The molecule has 0 aliphatic carbocycles. The first-order chi connectivity index (χ1) is 12.3. The lowest BCUT2D eigenvalue weighted by atomic mass is 9.96. The van der Waals surface area contributed by atoms with Gasteiger partial charge in [0, 0.05) is 37.6 Å². The van der Waals surface area contributed by atoms with Crippen LogP contribution in [0.15, 0.2) is 49.1 Å². The van der Waals surface area contributed by atoms with Crippen LogP contribution >= 0.6 is 0 Å². The Bertz CT molecular complexity index is 821. The number of aromatic nitrogens is 6. The fourth-order valence-electron chi connectivity index (χ4n) is 3.24. The molecule has 0 saturated carbocycles. The van der Waals surface area contributed by atoms with Crippen molar-refractivity contribution in [3.8, 4) is 5.69 Å². The maximum Gasteiger partial charge on any atom is 0.253 e. The summed E-state index contributed by atoms with van der Waals surface area (Å²) in [5.41, 5.74) is 1.45. The van der Waals surface area contributed by atoms with Crippen LogP contribution in [0.2, 0.25) is 0 Å². The number of benzene rings is 1. The van der Waals surface area contributed by atoms with Crippen molar-refractivity contribution < 1.29 is 4.79 Å². The second kappa shape index (κ2) is 6.84. The van der Waals surface area contributed by atoms with Gasteiger partial charge in [0.05, 0.1) is 5.69 Å². The van der Waals surface area contributed by atoms with E-state index < -0.39 is 0 Å². The number of rotatable bonds is 4. The van der Waals surface area contributed by atoms with Gasteiger partial charge in [0.2, 0.25) is 0 Å². The average Bonchev–Trinajstić information content (AvgIpc) is 3.36. The van der Waals surface area contributed by atoms with E-state index in [1.54, 1.807) is 10.9 Å². The first-order valence-corrected chi connectivity index (χ1v) is 8.40. The number of carbonyl (C=O) groups excluding carboxylic acids is 1. The molecule has 1 aliphatic rings. The highest BCUT2D eigenvalue weighted by atomic mass is 16.2. The van der Waals surface area contributed by atoms with Crippen LogP contribution in [0.5, 0.6) is 0 Å². The largest absolute Gasteiger partial charge is 0.339 e. The highest BCUT2D eigenvalue weighted by molar-refractivity contribution is 5.94. The number of tetrazole rings is 1. The number of carbonyl (C=O) groups is 1. The van der Waals surface area contributed by atoms with Gasteiger partial charge in [-0.2, -0.15) is 5.10 Å². The summed E-state index contributed by atoms with van der Waals surface area (Å²) < 4.78 is 3.52. The Morgan fingerprint density at radius 2 is 2.08 bits per heavy atom. The Balaban J connectivity index is 1.40. The van der Waals surface area contributed by atoms with Gasteiger partial charge in [0.25, 0.3) is 5.91 Å². The second-order valence-electron chi connectivity index (χ2n) is 6.27. The van der Waals surface area contributed by atoms with E-state index >= 15 is 0 Å². The number of likely N-dealkylation sites (tertiary alicyclic amines) is 1. The molecule has 3 heterocycles. The maximum absolute atomic E-state index is 12.8. The Kier molecular flexibility index (Phi) is 4.24. The third-order valence-corrected chi connectivity index (χ3v) is 4.61. The highest BCUT2D eigenvalue weighted by Crippen LogP contribution is 2.21. The molecule has 128 valence electrons. The van der Waals surface area contributed by atoms with Gasteiger partial charge in [-0.25, -0.2) is 4.68 Å². The summed E-state index contributed by atoms with van der Waals surface area (Å²) in [6.45, 7) is 2.48.